The maximum Gasteiger partial charge on any atom is 0.312 e. The fourth-order valence-corrected chi connectivity index (χ4v) is 3.10. The third-order valence-electron chi connectivity index (χ3n) is 4.67. The highest BCUT2D eigenvalue weighted by atomic mass is 16.4. The van der Waals surface area contributed by atoms with Crippen molar-refractivity contribution in [2.75, 3.05) is 27.2 Å². The van der Waals surface area contributed by atoms with Gasteiger partial charge in [0.1, 0.15) is 5.92 Å². The highest BCUT2D eigenvalue weighted by Gasteiger charge is 2.25. The molecule has 0 spiro atoms. The molecule has 0 aromatic rings. The Kier molecular flexibility index (Phi) is 16.0. The molecule has 140 valence electrons. The van der Waals surface area contributed by atoms with E-state index >= 15 is 0 Å². The number of aliphatic carboxylic acids is 1. The minimum Gasteiger partial charge on any atom is -0.870 e. The predicted octanol–water partition coefficient (Wildman–Crippen LogP) is 4.92. The minimum atomic E-state index is -0.642. The van der Waals surface area contributed by atoms with Gasteiger partial charge in [0.15, 0.2) is 0 Å². The molecular weight excluding hydrogens is 290 g/mol. The first-order valence-electron chi connectivity index (χ1n) is 9.47. The van der Waals surface area contributed by atoms with Gasteiger partial charge in [-0.2, -0.15) is 0 Å². The molecule has 0 saturated carbocycles. The molecule has 0 rings (SSSR count). The Morgan fingerprint density at radius 2 is 1.30 bits per heavy atom. The van der Waals surface area contributed by atoms with Crippen molar-refractivity contribution in [1.29, 1.82) is 0 Å². The normalized spacial score (nSPS) is 12.7. The Balaban J connectivity index is 0. The molecular formula is C19H41NO3. The van der Waals surface area contributed by atoms with E-state index in [2.05, 4.69) is 21.0 Å². The van der Waals surface area contributed by atoms with Crippen molar-refractivity contribution in [3.05, 3.63) is 0 Å². The summed E-state index contributed by atoms with van der Waals surface area (Å²) in [6, 6.07) is 0. The van der Waals surface area contributed by atoms with Gasteiger partial charge in [0.25, 0.3) is 0 Å². The van der Waals surface area contributed by atoms with Crippen LogP contribution in [0.3, 0.4) is 0 Å². The van der Waals surface area contributed by atoms with Crippen molar-refractivity contribution >= 4 is 5.97 Å². The van der Waals surface area contributed by atoms with Gasteiger partial charge in [-0.3, -0.25) is 4.79 Å². The van der Waals surface area contributed by atoms with Crippen molar-refractivity contribution in [2.24, 2.45) is 5.92 Å². The van der Waals surface area contributed by atoms with E-state index in [0.29, 0.717) is 0 Å². The highest BCUT2D eigenvalue weighted by molar-refractivity contribution is 5.69. The minimum absolute atomic E-state index is 0. The van der Waals surface area contributed by atoms with Crippen LogP contribution in [0.4, 0.5) is 0 Å². The number of quaternary nitrogens is 1. The molecule has 0 aromatic heterocycles. The molecule has 0 aromatic carbocycles. The van der Waals surface area contributed by atoms with E-state index in [4.69, 9.17) is 0 Å². The van der Waals surface area contributed by atoms with E-state index in [1.807, 2.05) is 6.92 Å². The van der Waals surface area contributed by atoms with Crippen LogP contribution in [0.1, 0.15) is 84.5 Å². The van der Waals surface area contributed by atoms with Crippen LogP contribution >= 0.6 is 0 Å². The molecule has 0 fully saturated rings. The monoisotopic (exact) mass is 331 g/mol. The first kappa shape index (κ1) is 24.6. The average Bonchev–Trinajstić information content (AvgIpc) is 2.46. The van der Waals surface area contributed by atoms with Gasteiger partial charge in [-0.05, 0) is 19.3 Å². The van der Waals surface area contributed by atoms with Gasteiger partial charge in [0.05, 0.1) is 27.2 Å². The molecule has 1 unspecified atom stereocenters. The number of hydrogen-bond acceptors (Lipinski definition) is 2. The van der Waals surface area contributed by atoms with Crippen LogP contribution in [-0.4, -0.2) is 48.2 Å². The number of nitrogens with zero attached hydrogens (tertiary/aromatic N) is 1. The summed E-state index contributed by atoms with van der Waals surface area (Å²) in [4.78, 5) is 11.1. The average molecular weight is 332 g/mol. The van der Waals surface area contributed by atoms with Crippen LogP contribution < -0.4 is 0 Å². The van der Waals surface area contributed by atoms with E-state index in [0.717, 1.165) is 24.0 Å². The molecule has 2 N–H and O–H groups in total. The zero-order chi connectivity index (χ0) is 16.8. The quantitative estimate of drug-likeness (QED) is 0.342. The number of carboxylic acids is 1. The summed E-state index contributed by atoms with van der Waals surface area (Å²) in [5, 5.41) is 9.17. The lowest BCUT2D eigenvalue weighted by Gasteiger charge is -2.32. The molecule has 0 heterocycles. The molecule has 0 aliphatic rings. The zero-order valence-electron chi connectivity index (χ0n) is 16.0. The van der Waals surface area contributed by atoms with E-state index in [9.17, 15) is 9.90 Å². The van der Waals surface area contributed by atoms with E-state index < -0.39 is 5.97 Å². The van der Waals surface area contributed by atoms with Crippen LogP contribution in [0.25, 0.3) is 0 Å². The Morgan fingerprint density at radius 1 is 0.870 bits per heavy atom. The maximum atomic E-state index is 11.1. The number of rotatable bonds is 15. The fourth-order valence-electron chi connectivity index (χ4n) is 3.10. The first-order chi connectivity index (χ1) is 10.4. The number of hydrogen-bond donors (Lipinski definition) is 1. The van der Waals surface area contributed by atoms with Crippen LogP contribution in [0.5, 0.6) is 0 Å². The van der Waals surface area contributed by atoms with Crippen LogP contribution in [-0.2, 0) is 4.79 Å². The molecule has 0 amide bonds. The summed E-state index contributed by atoms with van der Waals surface area (Å²) >= 11 is 0. The van der Waals surface area contributed by atoms with Gasteiger partial charge in [-0.15, -0.1) is 0 Å². The summed E-state index contributed by atoms with van der Waals surface area (Å²) < 4.78 is 0.835. The van der Waals surface area contributed by atoms with Crippen LogP contribution in [0.15, 0.2) is 0 Å². The zero-order valence-corrected chi connectivity index (χ0v) is 16.0. The first-order valence-corrected chi connectivity index (χ1v) is 9.47. The summed E-state index contributed by atoms with van der Waals surface area (Å²) in [5.41, 5.74) is 0. The Morgan fingerprint density at radius 3 is 1.70 bits per heavy atom. The Hall–Kier alpha value is -0.610. The van der Waals surface area contributed by atoms with Gasteiger partial charge >= 0.3 is 5.97 Å². The van der Waals surface area contributed by atoms with E-state index in [1.54, 1.807) is 0 Å². The van der Waals surface area contributed by atoms with E-state index in [1.165, 1.54) is 64.2 Å². The largest absolute Gasteiger partial charge is 0.870 e. The van der Waals surface area contributed by atoms with E-state index in [-0.39, 0.29) is 11.4 Å². The molecule has 1 atom stereocenters. The molecule has 0 aliphatic heterocycles. The molecule has 0 aliphatic carbocycles. The second kappa shape index (κ2) is 14.9. The standard InChI is InChI=1S/C19H39NO2.H2O/c1-5-7-8-9-10-11-12-13-14-15-16-20(3,4)17-18(6-2)19(21)22;/h18H,5-17H2,1-4H3;1H2. The summed E-state index contributed by atoms with van der Waals surface area (Å²) in [7, 11) is 4.33. The van der Waals surface area contributed by atoms with Crippen LogP contribution in [0.2, 0.25) is 0 Å². The molecule has 4 nitrogen and oxygen atoms in total. The summed E-state index contributed by atoms with van der Waals surface area (Å²) in [6.07, 6.45) is 14.3. The van der Waals surface area contributed by atoms with Gasteiger partial charge in [0, 0.05) is 0 Å². The molecule has 0 radical (unpaired) electrons. The fraction of sp³-hybridized carbons (Fsp3) is 0.947. The number of carbonyl (C=O) groups is 1. The highest BCUT2D eigenvalue weighted by Crippen LogP contribution is 2.14. The molecule has 0 saturated heterocycles. The summed E-state index contributed by atoms with van der Waals surface area (Å²) in [6.45, 7) is 6.09. The summed E-state index contributed by atoms with van der Waals surface area (Å²) in [5.74, 6) is -0.838. The second-order valence-corrected chi connectivity index (χ2v) is 7.47. The third kappa shape index (κ3) is 14.7. The topological polar surface area (TPSA) is 67.3 Å². The lowest BCUT2D eigenvalue weighted by molar-refractivity contribution is -0.893. The van der Waals surface area contributed by atoms with Gasteiger partial charge in [-0.1, -0.05) is 65.2 Å². The smallest absolute Gasteiger partial charge is 0.312 e. The van der Waals surface area contributed by atoms with Crippen molar-refractivity contribution in [1.82, 2.24) is 0 Å². The van der Waals surface area contributed by atoms with Crippen molar-refractivity contribution in [3.63, 3.8) is 0 Å². The molecule has 4 heteroatoms. The lowest BCUT2D eigenvalue weighted by Crippen LogP contribution is -2.45. The van der Waals surface area contributed by atoms with Gasteiger partial charge in [-0.25, -0.2) is 0 Å². The van der Waals surface area contributed by atoms with Gasteiger partial charge in [0.2, 0.25) is 0 Å². The molecule has 0 bridgehead atoms. The van der Waals surface area contributed by atoms with Gasteiger partial charge < -0.3 is 15.1 Å². The van der Waals surface area contributed by atoms with Crippen molar-refractivity contribution in [2.45, 2.75) is 84.5 Å². The SMILES string of the molecule is CCCCCCCCCCCC[N+](C)(C)CC(CC)C(=O)O.[OH-]. The Bertz CT molecular complexity index is 280. The van der Waals surface area contributed by atoms with Crippen molar-refractivity contribution < 1.29 is 19.9 Å². The lowest BCUT2D eigenvalue weighted by atomic mass is 10.0. The third-order valence-corrected chi connectivity index (χ3v) is 4.67. The van der Waals surface area contributed by atoms with Crippen LogP contribution in [0, 0.1) is 5.92 Å². The second-order valence-electron chi connectivity index (χ2n) is 7.47. The number of unbranched alkanes of at least 4 members (excludes halogenated alkanes) is 9. The Labute approximate surface area is 144 Å². The maximum absolute atomic E-state index is 11.1. The number of carboxylic acid groups (broad SMARTS) is 1. The molecule has 23 heavy (non-hydrogen) atoms. The van der Waals surface area contributed by atoms with Crippen molar-refractivity contribution in [3.8, 4) is 0 Å². The predicted molar refractivity (Wildman–Crippen MR) is 97.0 cm³/mol.